The van der Waals surface area contributed by atoms with E-state index in [9.17, 15) is 26.4 Å². The van der Waals surface area contributed by atoms with Crippen LogP contribution in [0.1, 0.15) is 15.9 Å². The summed E-state index contributed by atoms with van der Waals surface area (Å²) in [7, 11) is -4.33. The lowest BCUT2D eigenvalue weighted by Crippen LogP contribution is -2.50. The number of hydrogen-bond donors (Lipinski definition) is 0. The van der Waals surface area contributed by atoms with Gasteiger partial charge < -0.3 is 4.90 Å². The van der Waals surface area contributed by atoms with Gasteiger partial charge in [-0.15, -0.1) is 0 Å². The molecule has 1 aromatic carbocycles. The Morgan fingerprint density at radius 3 is 2.26 bits per heavy atom. The van der Waals surface area contributed by atoms with Crippen LogP contribution in [-0.2, 0) is 16.2 Å². The number of aromatic nitrogens is 1. The summed E-state index contributed by atoms with van der Waals surface area (Å²) in [6.07, 6.45) is -1.84. The predicted octanol–water partition coefficient (Wildman–Crippen LogP) is 2.25. The van der Waals surface area contributed by atoms with Crippen LogP contribution in [0.3, 0.4) is 0 Å². The minimum atomic E-state index is -4.78. The fourth-order valence-corrected chi connectivity index (χ4v) is 4.50. The van der Waals surface area contributed by atoms with Gasteiger partial charge in [-0.1, -0.05) is 12.1 Å². The molecule has 0 bridgehead atoms. The molecule has 0 aliphatic carbocycles. The van der Waals surface area contributed by atoms with Crippen LogP contribution in [0.25, 0.3) is 0 Å². The van der Waals surface area contributed by atoms with E-state index in [0.717, 1.165) is 22.5 Å². The molecule has 1 fully saturated rings. The van der Waals surface area contributed by atoms with Crippen LogP contribution >= 0.6 is 0 Å². The SMILES string of the molecule is O=C(c1cccnc1)N1CCN(S(=O)(=O)c2ccccc2C(F)(F)F)CC1. The Balaban J connectivity index is 1.77. The average molecular weight is 399 g/mol. The second kappa shape index (κ2) is 7.28. The number of pyridine rings is 1. The molecule has 0 unspecified atom stereocenters. The molecule has 1 aromatic heterocycles. The molecular formula is C17H16F3N3O3S. The number of benzene rings is 1. The van der Waals surface area contributed by atoms with Gasteiger partial charge >= 0.3 is 6.18 Å². The molecule has 1 saturated heterocycles. The van der Waals surface area contributed by atoms with Gasteiger partial charge in [0.05, 0.1) is 16.0 Å². The quantitative estimate of drug-likeness (QED) is 0.794. The van der Waals surface area contributed by atoms with Crippen LogP contribution < -0.4 is 0 Å². The smallest absolute Gasteiger partial charge is 0.336 e. The van der Waals surface area contributed by atoms with Gasteiger partial charge in [0.25, 0.3) is 5.91 Å². The highest BCUT2D eigenvalue weighted by molar-refractivity contribution is 7.89. The van der Waals surface area contributed by atoms with Crippen molar-refractivity contribution in [2.45, 2.75) is 11.1 Å². The lowest BCUT2D eigenvalue weighted by atomic mass is 10.2. The number of carbonyl (C=O) groups is 1. The first-order valence-corrected chi connectivity index (χ1v) is 9.51. The number of rotatable bonds is 3. The third-order valence-corrected chi connectivity index (χ3v) is 6.20. The van der Waals surface area contributed by atoms with Gasteiger partial charge in [-0.2, -0.15) is 17.5 Å². The lowest BCUT2D eigenvalue weighted by molar-refractivity contribution is -0.139. The van der Waals surface area contributed by atoms with Crippen molar-refractivity contribution >= 4 is 15.9 Å². The van der Waals surface area contributed by atoms with Gasteiger partial charge in [0.2, 0.25) is 10.0 Å². The Morgan fingerprint density at radius 2 is 1.67 bits per heavy atom. The normalized spacial score (nSPS) is 16.3. The Bertz CT molecular complexity index is 925. The molecule has 10 heteroatoms. The van der Waals surface area contributed by atoms with E-state index in [1.165, 1.54) is 23.4 Å². The molecule has 0 saturated carbocycles. The third-order valence-electron chi connectivity index (χ3n) is 4.24. The summed E-state index contributed by atoms with van der Waals surface area (Å²) in [6, 6.07) is 7.30. The summed E-state index contributed by atoms with van der Waals surface area (Å²) in [4.78, 5) is 16.9. The summed E-state index contributed by atoms with van der Waals surface area (Å²) in [5, 5.41) is 0. The molecule has 0 radical (unpaired) electrons. The second-order valence-corrected chi connectivity index (χ2v) is 7.84. The minimum Gasteiger partial charge on any atom is -0.336 e. The maximum atomic E-state index is 13.2. The Labute approximate surface area is 154 Å². The van der Waals surface area contributed by atoms with E-state index in [-0.39, 0.29) is 32.1 Å². The second-order valence-electron chi connectivity index (χ2n) is 5.93. The molecule has 0 N–H and O–H groups in total. The van der Waals surface area contributed by atoms with Crippen molar-refractivity contribution in [3.05, 3.63) is 59.9 Å². The first-order valence-electron chi connectivity index (χ1n) is 8.07. The van der Waals surface area contributed by atoms with E-state index in [1.54, 1.807) is 12.1 Å². The zero-order chi connectivity index (χ0) is 19.7. The number of amides is 1. The Hall–Kier alpha value is -2.46. The predicted molar refractivity (Wildman–Crippen MR) is 90.3 cm³/mol. The Morgan fingerprint density at radius 1 is 1.00 bits per heavy atom. The van der Waals surface area contributed by atoms with Crippen LogP contribution in [0.4, 0.5) is 13.2 Å². The molecule has 3 rings (SSSR count). The highest BCUT2D eigenvalue weighted by atomic mass is 32.2. The van der Waals surface area contributed by atoms with Crippen molar-refractivity contribution in [1.82, 2.24) is 14.2 Å². The molecule has 2 heterocycles. The maximum absolute atomic E-state index is 13.2. The summed E-state index contributed by atoms with van der Waals surface area (Å²) in [5.41, 5.74) is -0.824. The highest BCUT2D eigenvalue weighted by Gasteiger charge is 2.39. The zero-order valence-electron chi connectivity index (χ0n) is 14.1. The van der Waals surface area contributed by atoms with E-state index in [0.29, 0.717) is 5.56 Å². The van der Waals surface area contributed by atoms with Crippen molar-refractivity contribution in [1.29, 1.82) is 0 Å². The van der Waals surface area contributed by atoms with Gasteiger partial charge in [0.15, 0.2) is 0 Å². The van der Waals surface area contributed by atoms with E-state index in [2.05, 4.69) is 4.98 Å². The molecule has 2 aromatic rings. The monoisotopic (exact) mass is 399 g/mol. The van der Waals surface area contributed by atoms with Crippen LogP contribution in [0.15, 0.2) is 53.7 Å². The number of carbonyl (C=O) groups excluding carboxylic acids is 1. The maximum Gasteiger partial charge on any atom is 0.417 e. The fraction of sp³-hybridized carbons (Fsp3) is 0.294. The minimum absolute atomic E-state index is 0.0828. The van der Waals surface area contributed by atoms with Crippen molar-refractivity contribution in [2.24, 2.45) is 0 Å². The molecular weight excluding hydrogens is 383 g/mol. The van der Waals surface area contributed by atoms with Gasteiger partial charge in [-0.3, -0.25) is 9.78 Å². The summed E-state index contributed by atoms with van der Waals surface area (Å²) >= 11 is 0. The number of hydrogen-bond acceptors (Lipinski definition) is 4. The van der Waals surface area contributed by atoms with E-state index in [1.807, 2.05) is 0 Å². The number of halogens is 3. The largest absolute Gasteiger partial charge is 0.417 e. The van der Waals surface area contributed by atoms with E-state index < -0.39 is 26.7 Å². The lowest BCUT2D eigenvalue weighted by Gasteiger charge is -2.34. The summed E-state index contributed by atoms with van der Waals surface area (Å²) in [5.74, 6) is -0.296. The van der Waals surface area contributed by atoms with Crippen molar-refractivity contribution in [3.63, 3.8) is 0 Å². The van der Waals surface area contributed by atoms with Crippen molar-refractivity contribution in [3.8, 4) is 0 Å². The first-order chi connectivity index (χ1) is 12.7. The fourth-order valence-electron chi connectivity index (χ4n) is 2.87. The van der Waals surface area contributed by atoms with Crippen LogP contribution in [0, 0.1) is 0 Å². The Kier molecular flexibility index (Phi) is 5.20. The molecule has 0 spiro atoms. The van der Waals surface area contributed by atoms with Gasteiger partial charge in [-0.05, 0) is 24.3 Å². The molecule has 27 heavy (non-hydrogen) atoms. The molecule has 1 amide bonds. The van der Waals surface area contributed by atoms with Crippen LogP contribution in [0.5, 0.6) is 0 Å². The van der Waals surface area contributed by atoms with Crippen LogP contribution in [-0.4, -0.2) is 54.7 Å². The molecule has 1 aliphatic rings. The number of piperazine rings is 1. The zero-order valence-corrected chi connectivity index (χ0v) is 14.9. The van der Waals surface area contributed by atoms with Gasteiger partial charge in [0.1, 0.15) is 0 Å². The topological polar surface area (TPSA) is 70.6 Å². The number of alkyl halides is 3. The van der Waals surface area contributed by atoms with Gasteiger partial charge in [-0.25, -0.2) is 8.42 Å². The van der Waals surface area contributed by atoms with Crippen molar-refractivity contribution in [2.75, 3.05) is 26.2 Å². The van der Waals surface area contributed by atoms with Crippen LogP contribution in [0.2, 0.25) is 0 Å². The molecule has 1 aliphatic heterocycles. The summed E-state index contributed by atoms with van der Waals surface area (Å²) < 4.78 is 65.9. The summed E-state index contributed by atoms with van der Waals surface area (Å²) in [6.45, 7) is 0.00331. The number of sulfonamides is 1. The van der Waals surface area contributed by atoms with Gasteiger partial charge in [0, 0.05) is 38.6 Å². The molecule has 0 atom stereocenters. The molecule has 144 valence electrons. The van der Waals surface area contributed by atoms with E-state index >= 15 is 0 Å². The van der Waals surface area contributed by atoms with E-state index in [4.69, 9.17) is 0 Å². The average Bonchev–Trinajstić information content (AvgIpc) is 2.67. The standard InChI is InChI=1S/C17H16F3N3O3S/c18-17(19,20)14-5-1-2-6-15(14)27(25,26)23-10-8-22(9-11-23)16(24)13-4-3-7-21-12-13/h1-7,12H,8-11H2. The number of nitrogens with zero attached hydrogens (tertiary/aromatic N) is 3. The highest BCUT2D eigenvalue weighted by Crippen LogP contribution is 2.35. The molecule has 6 nitrogen and oxygen atoms in total. The van der Waals surface area contributed by atoms with Crippen molar-refractivity contribution < 1.29 is 26.4 Å². The third kappa shape index (κ3) is 3.96. The first kappa shape index (κ1) is 19.3.